The van der Waals surface area contributed by atoms with E-state index in [1.165, 1.54) is 4.68 Å². The van der Waals surface area contributed by atoms with E-state index in [1.807, 2.05) is 19.1 Å². The molecule has 0 aliphatic heterocycles. The first-order valence-electron chi connectivity index (χ1n) is 8.34. The van der Waals surface area contributed by atoms with Crippen LogP contribution < -0.4 is 10.3 Å². The van der Waals surface area contributed by atoms with Crippen LogP contribution >= 0.6 is 11.6 Å². The van der Waals surface area contributed by atoms with Crippen molar-refractivity contribution in [2.45, 2.75) is 13.0 Å². The smallest absolute Gasteiger partial charge is 0.278 e. The first kappa shape index (κ1) is 17.2. The third-order valence-corrected chi connectivity index (χ3v) is 4.49. The van der Waals surface area contributed by atoms with Crippen molar-refractivity contribution in [2.24, 2.45) is 0 Å². The standard InChI is InChI=1S/C20H15ClN4O2/c1-13(14-3-2-10-22-12-14)25-20(26)18-11-17(8-9-19(18)23-24-25)27-16-6-4-15(21)5-7-16/h2-13H,1H3. The summed E-state index contributed by atoms with van der Waals surface area (Å²) in [6.45, 7) is 1.88. The Morgan fingerprint density at radius 2 is 1.85 bits per heavy atom. The second kappa shape index (κ2) is 7.17. The molecule has 6 nitrogen and oxygen atoms in total. The highest BCUT2D eigenvalue weighted by Gasteiger charge is 2.14. The summed E-state index contributed by atoms with van der Waals surface area (Å²) >= 11 is 5.89. The molecule has 0 amide bonds. The maximum Gasteiger partial charge on any atom is 0.278 e. The van der Waals surface area contributed by atoms with Gasteiger partial charge >= 0.3 is 0 Å². The molecule has 7 heteroatoms. The summed E-state index contributed by atoms with van der Waals surface area (Å²) < 4.78 is 7.17. The lowest BCUT2D eigenvalue weighted by Gasteiger charge is -2.13. The second-order valence-corrected chi connectivity index (χ2v) is 6.47. The van der Waals surface area contributed by atoms with Gasteiger partial charge in [-0.2, -0.15) is 0 Å². The molecule has 0 saturated carbocycles. The summed E-state index contributed by atoms with van der Waals surface area (Å²) in [5.74, 6) is 1.17. The van der Waals surface area contributed by atoms with Crippen LogP contribution in [0.5, 0.6) is 11.5 Å². The van der Waals surface area contributed by atoms with Gasteiger partial charge in [-0.05, 0) is 61.0 Å². The fourth-order valence-electron chi connectivity index (χ4n) is 2.75. The van der Waals surface area contributed by atoms with Crippen LogP contribution in [0.4, 0.5) is 0 Å². The van der Waals surface area contributed by atoms with Gasteiger partial charge < -0.3 is 4.74 Å². The predicted molar refractivity (Wildman–Crippen MR) is 103 cm³/mol. The number of halogens is 1. The first-order valence-corrected chi connectivity index (χ1v) is 8.72. The summed E-state index contributed by atoms with van der Waals surface area (Å²) in [4.78, 5) is 17.1. The Balaban J connectivity index is 1.73. The fourth-order valence-corrected chi connectivity index (χ4v) is 2.88. The highest BCUT2D eigenvalue weighted by Crippen LogP contribution is 2.25. The fraction of sp³-hybridized carbons (Fsp3) is 0.100. The molecule has 1 atom stereocenters. The monoisotopic (exact) mass is 378 g/mol. The summed E-state index contributed by atoms with van der Waals surface area (Å²) in [6.07, 6.45) is 3.40. The maximum absolute atomic E-state index is 13.0. The van der Waals surface area contributed by atoms with Crippen molar-refractivity contribution < 1.29 is 4.74 Å². The average Bonchev–Trinajstić information content (AvgIpc) is 2.71. The third kappa shape index (κ3) is 3.52. The Labute approximate surface area is 160 Å². The minimum Gasteiger partial charge on any atom is -0.457 e. The molecule has 2 heterocycles. The summed E-state index contributed by atoms with van der Waals surface area (Å²) in [6, 6.07) is 15.6. The van der Waals surface area contributed by atoms with Gasteiger partial charge in [0.05, 0.1) is 11.4 Å². The SMILES string of the molecule is CC(c1cccnc1)n1nnc2ccc(Oc3ccc(Cl)cc3)cc2c1=O. The molecule has 2 aromatic carbocycles. The van der Waals surface area contributed by atoms with Crippen LogP contribution in [0.15, 0.2) is 71.8 Å². The number of aromatic nitrogens is 4. The average molecular weight is 379 g/mol. The van der Waals surface area contributed by atoms with Crippen LogP contribution in [0.25, 0.3) is 10.9 Å². The van der Waals surface area contributed by atoms with Crippen molar-refractivity contribution in [3.05, 3.63) is 87.9 Å². The van der Waals surface area contributed by atoms with Crippen molar-refractivity contribution >= 4 is 22.5 Å². The van der Waals surface area contributed by atoms with Gasteiger partial charge in [-0.15, -0.1) is 5.10 Å². The van der Waals surface area contributed by atoms with Crippen LogP contribution in [-0.2, 0) is 0 Å². The molecule has 134 valence electrons. The van der Waals surface area contributed by atoms with Gasteiger partial charge in [-0.25, -0.2) is 4.68 Å². The van der Waals surface area contributed by atoms with E-state index in [4.69, 9.17) is 16.3 Å². The Hall–Kier alpha value is -3.25. The van der Waals surface area contributed by atoms with Crippen LogP contribution in [0, 0.1) is 0 Å². The van der Waals surface area contributed by atoms with Crippen LogP contribution in [0.3, 0.4) is 0 Å². The van der Waals surface area contributed by atoms with E-state index in [0.717, 1.165) is 5.56 Å². The lowest BCUT2D eigenvalue weighted by Crippen LogP contribution is -2.27. The van der Waals surface area contributed by atoms with Gasteiger partial charge in [0.25, 0.3) is 5.56 Å². The number of ether oxygens (including phenoxy) is 1. The molecule has 4 rings (SSSR count). The molecular formula is C20H15ClN4O2. The Morgan fingerprint density at radius 3 is 2.59 bits per heavy atom. The molecule has 4 aromatic rings. The van der Waals surface area contributed by atoms with Crippen molar-refractivity contribution in [3.8, 4) is 11.5 Å². The Kier molecular flexibility index (Phi) is 4.56. The van der Waals surface area contributed by atoms with E-state index in [0.29, 0.717) is 27.4 Å². The van der Waals surface area contributed by atoms with E-state index in [2.05, 4.69) is 15.3 Å². The highest BCUT2D eigenvalue weighted by atomic mass is 35.5. The molecule has 0 spiro atoms. The zero-order valence-corrected chi connectivity index (χ0v) is 15.2. The van der Waals surface area contributed by atoms with E-state index < -0.39 is 0 Å². The highest BCUT2D eigenvalue weighted by molar-refractivity contribution is 6.30. The van der Waals surface area contributed by atoms with Gasteiger partial charge in [0.15, 0.2) is 0 Å². The molecule has 0 aliphatic rings. The molecule has 2 aromatic heterocycles. The molecule has 0 fully saturated rings. The molecule has 0 saturated heterocycles. The normalized spacial score (nSPS) is 12.1. The van der Waals surface area contributed by atoms with Gasteiger partial charge in [-0.3, -0.25) is 9.78 Å². The van der Waals surface area contributed by atoms with Gasteiger partial charge in [-0.1, -0.05) is 22.9 Å². The first-order chi connectivity index (χ1) is 13.1. The van der Waals surface area contributed by atoms with Crippen molar-refractivity contribution in [1.29, 1.82) is 0 Å². The number of hydrogen-bond acceptors (Lipinski definition) is 5. The molecular weight excluding hydrogens is 364 g/mol. The van der Waals surface area contributed by atoms with E-state index in [9.17, 15) is 4.79 Å². The van der Waals surface area contributed by atoms with Crippen molar-refractivity contribution in [2.75, 3.05) is 0 Å². The second-order valence-electron chi connectivity index (χ2n) is 6.04. The van der Waals surface area contributed by atoms with E-state index >= 15 is 0 Å². The molecule has 0 bridgehead atoms. The van der Waals surface area contributed by atoms with Gasteiger partial charge in [0, 0.05) is 17.4 Å². The number of hydrogen-bond donors (Lipinski definition) is 0. The zero-order valence-electron chi connectivity index (χ0n) is 14.4. The van der Waals surface area contributed by atoms with Crippen LogP contribution in [0.1, 0.15) is 18.5 Å². The third-order valence-electron chi connectivity index (χ3n) is 4.24. The largest absolute Gasteiger partial charge is 0.457 e. The van der Waals surface area contributed by atoms with Crippen LogP contribution in [0.2, 0.25) is 5.02 Å². The molecule has 0 aliphatic carbocycles. The van der Waals surface area contributed by atoms with Crippen molar-refractivity contribution in [1.82, 2.24) is 20.0 Å². The molecule has 1 unspecified atom stereocenters. The summed E-state index contributed by atoms with van der Waals surface area (Å²) in [5, 5.41) is 9.31. The van der Waals surface area contributed by atoms with Crippen molar-refractivity contribution in [3.63, 3.8) is 0 Å². The summed E-state index contributed by atoms with van der Waals surface area (Å²) in [5.41, 5.74) is 1.15. The van der Waals surface area contributed by atoms with Gasteiger partial charge in [0.1, 0.15) is 17.0 Å². The molecule has 0 N–H and O–H groups in total. The zero-order chi connectivity index (χ0) is 18.8. The number of rotatable bonds is 4. The number of nitrogens with zero attached hydrogens (tertiary/aromatic N) is 4. The lowest BCUT2D eigenvalue weighted by molar-refractivity contribution is 0.482. The summed E-state index contributed by atoms with van der Waals surface area (Å²) in [7, 11) is 0. The number of benzene rings is 2. The number of fused-ring (bicyclic) bond motifs is 1. The van der Waals surface area contributed by atoms with Gasteiger partial charge in [0.2, 0.25) is 0 Å². The predicted octanol–water partition coefficient (Wildman–Crippen LogP) is 4.24. The van der Waals surface area contributed by atoms with Crippen LogP contribution in [-0.4, -0.2) is 20.0 Å². The maximum atomic E-state index is 13.0. The van der Waals surface area contributed by atoms with E-state index in [1.54, 1.807) is 54.9 Å². The lowest BCUT2D eigenvalue weighted by atomic mass is 10.1. The topological polar surface area (TPSA) is 69.9 Å². The molecule has 27 heavy (non-hydrogen) atoms. The Morgan fingerprint density at radius 1 is 1.07 bits per heavy atom. The number of pyridine rings is 1. The molecule has 0 radical (unpaired) electrons. The Bertz CT molecular complexity index is 1140. The van der Waals surface area contributed by atoms with E-state index in [-0.39, 0.29) is 11.6 Å². The quantitative estimate of drug-likeness (QED) is 0.531. The minimum atomic E-state index is -0.288. The minimum absolute atomic E-state index is 0.238.